The third kappa shape index (κ3) is 68.4. The first-order valence-electron chi connectivity index (χ1n) is 38.5. The molecule has 0 aromatic carbocycles. The maximum atomic E-state index is 13.1. The van der Waals surface area contributed by atoms with Crippen LogP contribution in [0.5, 0.6) is 0 Å². The van der Waals surface area contributed by atoms with Crippen molar-refractivity contribution in [2.75, 3.05) is 39.6 Å². The molecule has 0 saturated carbocycles. The van der Waals surface area contributed by atoms with E-state index in [0.717, 1.165) is 96.3 Å². The number of rotatable bonds is 73. The molecule has 93 heavy (non-hydrogen) atoms. The lowest BCUT2D eigenvalue weighted by Crippen LogP contribution is -2.30. The van der Waals surface area contributed by atoms with Crippen LogP contribution < -0.4 is 0 Å². The first kappa shape index (κ1) is 91.1. The quantitative estimate of drug-likeness (QED) is 0.0222. The van der Waals surface area contributed by atoms with Gasteiger partial charge in [-0.15, -0.1) is 0 Å². The van der Waals surface area contributed by atoms with Crippen LogP contribution in [-0.4, -0.2) is 96.7 Å². The molecule has 0 aromatic rings. The summed E-state index contributed by atoms with van der Waals surface area (Å²) >= 11 is 0. The van der Waals surface area contributed by atoms with Gasteiger partial charge in [-0.2, -0.15) is 0 Å². The number of aliphatic hydroxyl groups is 1. The number of aliphatic hydroxyl groups excluding tert-OH is 1. The number of carbonyl (C=O) groups excluding carboxylic acids is 4. The molecule has 0 spiro atoms. The van der Waals surface area contributed by atoms with Gasteiger partial charge in [-0.3, -0.25) is 37.3 Å². The van der Waals surface area contributed by atoms with Crippen LogP contribution in [0.2, 0.25) is 0 Å². The summed E-state index contributed by atoms with van der Waals surface area (Å²) < 4.78 is 68.3. The Kier molecular flexibility index (Phi) is 64.6. The Labute approximate surface area is 568 Å². The van der Waals surface area contributed by atoms with Crippen molar-refractivity contribution in [2.24, 2.45) is 11.8 Å². The highest BCUT2D eigenvalue weighted by Crippen LogP contribution is 2.45. The van der Waals surface area contributed by atoms with Gasteiger partial charge in [-0.1, -0.05) is 330 Å². The minimum Gasteiger partial charge on any atom is -0.462 e. The molecule has 552 valence electrons. The fraction of sp³-hybridized carbons (Fsp3) is 0.946. The number of phosphoric acid groups is 2. The molecule has 0 amide bonds. The lowest BCUT2D eigenvalue weighted by Gasteiger charge is -2.21. The van der Waals surface area contributed by atoms with Crippen LogP contribution >= 0.6 is 15.6 Å². The summed E-state index contributed by atoms with van der Waals surface area (Å²) in [6.07, 6.45) is 53.1. The van der Waals surface area contributed by atoms with Crippen LogP contribution in [0.25, 0.3) is 0 Å². The van der Waals surface area contributed by atoms with Gasteiger partial charge in [-0.25, -0.2) is 9.13 Å². The molecule has 2 unspecified atom stereocenters. The van der Waals surface area contributed by atoms with E-state index >= 15 is 0 Å². The maximum Gasteiger partial charge on any atom is 0.472 e. The third-order valence-electron chi connectivity index (χ3n) is 17.2. The number of phosphoric ester groups is 2. The van der Waals surface area contributed by atoms with Crippen molar-refractivity contribution in [1.82, 2.24) is 0 Å². The summed E-state index contributed by atoms with van der Waals surface area (Å²) in [6, 6.07) is 0. The van der Waals surface area contributed by atoms with E-state index in [4.69, 9.17) is 37.0 Å². The van der Waals surface area contributed by atoms with E-state index in [1.54, 1.807) is 0 Å². The predicted octanol–water partition coefficient (Wildman–Crippen LogP) is 21.6. The largest absolute Gasteiger partial charge is 0.472 e. The normalized spacial score (nSPS) is 14.1. The van der Waals surface area contributed by atoms with Crippen molar-refractivity contribution < 1.29 is 80.2 Å². The van der Waals surface area contributed by atoms with Crippen molar-refractivity contribution >= 4 is 39.5 Å². The molecule has 0 saturated heterocycles. The van der Waals surface area contributed by atoms with Gasteiger partial charge in [0.05, 0.1) is 26.4 Å². The van der Waals surface area contributed by atoms with Gasteiger partial charge in [-0.05, 0) is 37.5 Å². The fourth-order valence-electron chi connectivity index (χ4n) is 11.3. The van der Waals surface area contributed by atoms with E-state index in [0.29, 0.717) is 37.5 Å². The zero-order valence-corrected chi connectivity index (χ0v) is 62.3. The average Bonchev–Trinajstić information content (AvgIpc) is 2.18. The van der Waals surface area contributed by atoms with Crippen LogP contribution in [0.1, 0.15) is 382 Å². The van der Waals surface area contributed by atoms with Crippen LogP contribution in [0.4, 0.5) is 0 Å². The molecule has 0 aliphatic carbocycles. The van der Waals surface area contributed by atoms with E-state index in [1.165, 1.54) is 193 Å². The number of esters is 4. The van der Waals surface area contributed by atoms with Gasteiger partial charge < -0.3 is 33.8 Å². The summed E-state index contributed by atoms with van der Waals surface area (Å²) in [4.78, 5) is 72.6. The summed E-state index contributed by atoms with van der Waals surface area (Å²) in [6.45, 7) is 9.42. The van der Waals surface area contributed by atoms with Crippen LogP contribution in [-0.2, 0) is 65.4 Å². The number of unbranched alkanes of at least 4 members (excludes halogenated alkanes) is 43. The molecule has 0 bridgehead atoms. The lowest BCUT2D eigenvalue weighted by atomic mass is 10.0. The second kappa shape index (κ2) is 66.0. The molecule has 3 N–H and O–H groups in total. The van der Waals surface area contributed by atoms with Crippen molar-refractivity contribution in [2.45, 2.75) is 400 Å². The molecule has 0 aliphatic rings. The summed E-state index contributed by atoms with van der Waals surface area (Å²) in [5.74, 6) is -0.749. The number of hydrogen-bond acceptors (Lipinski definition) is 15. The Morgan fingerprint density at radius 3 is 0.731 bits per heavy atom. The second-order valence-electron chi connectivity index (χ2n) is 27.6. The van der Waals surface area contributed by atoms with E-state index in [-0.39, 0.29) is 25.7 Å². The molecular weight excluding hydrogens is 1220 g/mol. The first-order valence-corrected chi connectivity index (χ1v) is 41.5. The summed E-state index contributed by atoms with van der Waals surface area (Å²) in [7, 11) is -9.90. The standard InChI is InChI=1S/C74H144O17P2/c1-7-9-11-13-15-17-19-21-22-23-24-25-26-27-28-30-32-34-38-46-52-58-73(78)90-69(62-84-71(76)56-50-44-37-33-31-29-20-18-16-14-12-10-8-2)64-88-92(80,81)86-60-68(75)61-87-93(82,83)89-65-70(63-85-72(77)57-51-45-41-40-43-49-55-67(5)6)91-74(79)59-53-47-39-35-36-42-48-54-66(3)4/h66-70,75H,7-65H2,1-6H3,(H,80,81)(H,82,83)/t68-,69-,70-/m1/s1. The van der Waals surface area contributed by atoms with E-state index in [9.17, 15) is 43.2 Å². The zero-order valence-electron chi connectivity index (χ0n) is 60.6. The van der Waals surface area contributed by atoms with E-state index < -0.39 is 97.5 Å². The minimum absolute atomic E-state index is 0.103. The van der Waals surface area contributed by atoms with Crippen LogP contribution in [0, 0.1) is 11.8 Å². The van der Waals surface area contributed by atoms with Crippen molar-refractivity contribution in [3.05, 3.63) is 0 Å². The van der Waals surface area contributed by atoms with Crippen LogP contribution in [0.15, 0.2) is 0 Å². The molecular formula is C74H144O17P2. The van der Waals surface area contributed by atoms with Gasteiger partial charge in [0.2, 0.25) is 0 Å². The average molecular weight is 1370 g/mol. The van der Waals surface area contributed by atoms with Gasteiger partial charge in [0.15, 0.2) is 12.2 Å². The highest BCUT2D eigenvalue weighted by Gasteiger charge is 2.30. The molecule has 0 aromatic heterocycles. The molecule has 0 rings (SSSR count). The minimum atomic E-state index is -4.95. The van der Waals surface area contributed by atoms with Gasteiger partial charge in [0, 0.05) is 25.7 Å². The summed E-state index contributed by atoms with van der Waals surface area (Å²) in [5.41, 5.74) is 0. The Morgan fingerprint density at radius 1 is 0.290 bits per heavy atom. The number of hydrogen-bond donors (Lipinski definition) is 3. The predicted molar refractivity (Wildman–Crippen MR) is 377 cm³/mol. The maximum absolute atomic E-state index is 13.1. The molecule has 0 heterocycles. The van der Waals surface area contributed by atoms with Gasteiger partial charge >= 0.3 is 39.5 Å². The molecule has 0 radical (unpaired) electrons. The smallest absolute Gasteiger partial charge is 0.462 e. The Balaban J connectivity index is 5.17. The molecule has 0 aliphatic heterocycles. The van der Waals surface area contributed by atoms with Gasteiger partial charge in [0.1, 0.15) is 19.3 Å². The molecule has 19 heteroatoms. The van der Waals surface area contributed by atoms with Crippen molar-refractivity contribution in [3.63, 3.8) is 0 Å². The van der Waals surface area contributed by atoms with Crippen molar-refractivity contribution in [1.29, 1.82) is 0 Å². The van der Waals surface area contributed by atoms with Crippen molar-refractivity contribution in [3.8, 4) is 0 Å². The summed E-state index contributed by atoms with van der Waals surface area (Å²) in [5, 5.41) is 10.6. The zero-order chi connectivity index (χ0) is 68.6. The molecule has 0 fully saturated rings. The SMILES string of the molecule is CCCCCCCCCCCCCCCCCCCCCCCC(=O)O[C@H](COC(=O)CCCCCCCCCCCCCCC)COP(=O)(O)OC[C@@H](O)COP(=O)(O)OC[C@@H](COC(=O)CCCCCCCCC(C)C)OC(=O)CCCCCCCCCC(C)C. The monoisotopic (exact) mass is 1370 g/mol. The number of ether oxygens (including phenoxy) is 4. The highest BCUT2D eigenvalue weighted by molar-refractivity contribution is 7.47. The molecule has 17 nitrogen and oxygen atoms in total. The lowest BCUT2D eigenvalue weighted by molar-refractivity contribution is -0.161. The van der Waals surface area contributed by atoms with E-state index in [1.807, 2.05) is 0 Å². The van der Waals surface area contributed by atoms with E-state index in [2.05, 4.69) is 41.5 Å². The second-order valence-corrected chi connectivity index (χ2v) is 30.5. The third-order valence-corrected chi connectivity index (χ3v) is 19.1. The Morgan fingerprint density at radius 2 is 0.495 bits per heavy atom. The topological polar surface area (TPSA) is 237 Å². The first-order chi connectivity index (χ1) is 44.9. The van der Waals surface area contributed by atoms with Gasteiger partial charge in [0.25, 0.3) is 0 Å². The molecule has 5 atom stereocenters. The Bertz CT molecular complexity index is 1800. The fourth-order valence-corrected chi connectivity index (χ4v) is 12.9. The highest BCUT2D eigenvalue weighted by atomic mass is 31.2. The number of carbonyl (C=O) groups is 4. The van der Waals surface area contributed by atoms with Crippen LogP contribution in [0.3, 0.4) is 0 Å². The Hall–Kier alpha value is -1.94.